The van der Waals surface area contributed by atoms with E-state index in [4.69, 9.17) is 4.74 Å². The maximum absolute atomic E-state index is 12.3. The third-order valence-corrected chi connectivity index (χ3v) is 5.74. The van der Waals surface area contributed by atoms with Crippen LogP contribution in [0.15, 0.2) is 12.4 Å². The fourth-order valence-electron chi connectivity index (χ4n) is 3.98. The van der Waals surface area contributed by atoms with E-state index in [9.17, 15) is 4.79 Å². The summed E-state index contributed by atoms with van der Waals surface area (Å²) in [5.41, 5.74) is 1.20. The molecule has 3 aliphatic rings. The van der Waals surface area contributed by atoms with Gasteiger partial charge in [0, 0.05) is 45.0 Å². The van der Waals surface area contributed by atoms with E-state index in [1.165, 1.54) is 18.4 Å². The third-order valence-electron chi connectivity index (χ3n) is 5.74. The van der Waals surface area contributed by atoms with Crippen LogP contribution in [0.25, 0.3) is 0 Å². The molecule has 6 nitrogen and oxygen atoms in total. The molecule has 1 aromatic heterocycles. The number of piperidine rings is 1. The molecule has 132 valence electrons. The SMILES string of the molecule is Cn1cc(CN2CCC3(CC[C@H](C(=O)NCC4CC4)O3)CC2)cn1. The van der Waals surface area contributed by atoms with Crippen molar-refractivity contribution >= 4 is 5.91 Å². The summed E-state index contributed by atoms with van der Waals surface area (Å²) >= 11 is 0. The van der Waals surface area contributed by atoms with Gasteiger partial charge in [0.2, 0.25) is 5.91 Å². The summed E-state index contributed by atoms with van der Waals surface area (Å²) in [5, 5.41) is 7.31. The van der Waals surface area contributed by atoms with Crippen LogP contribution in [0.4, 0.5) is 0 Å². The molecule has 1 spiro atoms. The lowest BCUT2D eigenvalue weighted by molar-refractivity contribution is -0.140. The smallest absolute Gasteiger partial charge is 0.249 e. The van der Waals surface area contributed by atoms with E-state index in [0.29, 0.717) is 0 Å². The molecule has 0 aromatic carbocycles. The predicted molar refractivity (Wildman–Crippen MR) is 90.3 cm³/mol. The van der Waals surface area contributed by atoms with Crippen molar-refractivity contribution in [2.45, 2.75) is 56.8 Å². The van der Waals surface area contributed by atoms with Crippen LogP contribution < -0.4 is 5.32 Å². The van der Waals surface area contributed by atoms with E-state index in [-0.39, 0.29) is 17.6 Å². The van der Waals surface area contributed by atoms with Gasteiger partial charge in [-0.3, -0.25) is 14.4 Å². The number of carbonyl (C=O) groups excluding carboxylic acids is 1. The lowest BCUT2D eigenvalue weighted by Crippen LogP contribution is -2.45. The van der Waals surface area contributed by atoms with Crippen molar-refractivity contribution in [1.82, 2.24) is 20.0 Å². The molecule has 2 saturated heterocycles. The monoisotopic (exact) mass is 332 g/mol. The maximum Gasteiger partial charge on any atom is 0.249 e. The zero-order valence-corrected chi connectivity index (χ0v) is 14.5. The van der Waals surface area contributed by atoms with Gasteiger partial charge in [-0.25, -0.2) is 0 Å². The standard InChI is InChI=1S/C18H28N4O2/c1-21-12-15(11-20-21)13-22-8-6-18(7-9-22)5-4-16(24-18)17(23)19-10-14-2-3-14/h11-12,14,16H,2-10,13H2,1H3,(H,19,23)/t16-/m1/s1. The Balaban J connectivity index is 1.25. The number of carbonyl (C=O) groups is 1. The van der Waals surface area contributed by atoms with Crippen molar-refractivity contribution in [1.29, 1.82) is 0 Å². The fourth-order valence-corrected chi connectivity index (χ4v) is 3.98. The van der Waals surface area contributed by atoms with Crippen molar-refractivity contribution in [3.63, 3.8) is 0 Å². The van der Waals surface area contributed by atoms with Crippen LogP contribution in [-0.2, 0) is 23.1 Å². The van der Waals surface area contributed by atoms with Crippen LogP contribution in [0.1, 0.15) is 44.1 Å². The number of ether oxygens (including phenoxy) is 1. The van der Waals surface area contributed by atoms with Gasteiger partial charge in [0.05, 0.1) is 11.8 Å². The van der Waals surface area contributed by atoms with Crippen LogP contribution in [-0.4, -0.2) is 51.9 Å². The predicted octanol–water partition coefficient (Wildman–Crippen LogP) is 1.46. The molecule has 3 fully saturated rings. The fraction of sp³-hybridized carbons (Fsp3) is 0.778. The summed E-state index contributed by atoms with van der Waals surface area (Å²) in [6.07, 6.45) is 10.3. The van der Waals surface area contributed by atoms with Gasteiger partial charge in [0.15, 0.2) is 0 Å². The molecular weight excluding hydrogens is 304 g/mol. The second-order valence-corrected chi connectivity index (χ2v) is 7.82. The number of rotatable bonds is 5. The van der Waals surface area contributed by atoms with Crippen molar-refractivity contribution < 1.29 is 9.53 Å². The summed E-state index contributed by atoms with van der Waals surface area (Å²) in [4.78, 5) is 14.7. The Hall–Kier alpha value is -1.40. The van der Waals surface area contributed by atoms with E-state index in [0.717, 1.165) is 57.8 Å². The van der Waals surface area contributed by atoms with Crippen molar-refractivity contribution in [3.05, 3.63) is 18.0 Å². The van der Waals surface area contributed by atoms with Gasteiger partial charge in [-0.15, -0.1) is 0 Å². The zero-order valence-electron chi connectivity index (χ0n) is 14.5. The number of nitrogens with one attached hydrogen (secondary N) is 1. The summed E-state index contributed by atoms with van der Waals surface area (Å²) < 4.78 is 8.10. The van der Waals surface area contributed by atoms with Crippen LogP contribution in [0.2, 0.25) is 0 Å². The topological polar surface area (TPSA) is 59.4 Å². The molecule has 0 bridgehead atoms. The highest BCUT2D eigenvalue weighted by Crippen LogP contribution is 2.39. The first-order valence-electron chi connectivity index (χ1n) is 9.27. The van der Waals surface area contributed by atoms with Gasteiger partial charge in [0.25, 0.3) is 0 Å². The molecule has 1 aliphatic carbocycles. The Kier molecular flexibility index (Phi) is 4.35. The number of hydrogen-bond donors (Lipinski definition) is 1. The molecule has 2 aliphatic heterocycles. The molecule has 24 heavy (non-hydrogen) atoms. The van der Waals surface area contributed by atoms with Gasteiger partial charge in [-0.1, -0.05) is 0 Å². The Morgan fingerprint density at radius 3 is 2.79 bits per heavy atom. The Labute approximate surface area is 143 Å². The molecule has 1 N–H and O–H groups in total. The van der Waals surface area contributed by atoms with Gasteiger partial charge in [-0.05, 0) is 44.4 Å². The minimum atomic E-state index is -0.228. The molecule has 1 atom stereocenters. The van der Waals surface area contributed by atoms with Crippen molar-refractivity contribution in [2.24, 2.45) is 13.0 Å². The minimum absolute atomic E-state index is 0.0625. The zero-order chi connectivity index (χ0) is 16.6. The van der Waals surface area contributed by atoms with E-state index >= 15 is 0 Å². The molecule has 1 saturated carbocycles. The highest BCUT2D eigenvalue weighted by atomic mass is 16.5. The number of amides is 1. The Morgan fingerprint density at radius 2 is 2.12 bits per heavy atom. The molecule has 1 aromatic rings. The molecular formula is C18H28N4O2. The lowest BCUT2D eigenvalue weighted by Gasteiger charge is -2.38. The van der Waals surface area contributed by atoms with Crippen LogP contribution in [0.3, 0.4) is 0 Å². The molecule has 3 heterocycles. The first kappa shape index (κ1) is 16.1. The van der Waals surface area contributed by atoms with E-state index in [2.05, 4.69) is 21.5 Å². The van der Waals surface area contributed by atoms with Crippen molar-refractivity contribution in [2.75, 3.05) is 19.6 Å². The minimum Gasteiger partial charge on any atom is -0.362 e. The quantitative estimate of drug-likeness (QED) is 0.887. The van der Waals surface area contributed by atoms with Gasteiger partial charge in [0.1, 0.15) is 6.10 Å². The molecule has 0 radical (unpaired) electrons. The summed E-state index contributed by atoms with van der Waals surface area (Å²) in [6.45, 7) is 3.86. The molecule has 6 heteroatoms. The molecule has 4 rings (SSSR count). The van der Waals surface area contributed by atoms with Crippen LogP contribution in [0, 0.1) is 5.92 Å². The van der Waals surface area contributed by atoms with Crippen molar-refractivity contribution in [3.8, 4) is 0 Å². The highest BCUT2D eigenvalue weighted by molar-refractivity contribution is 5.81. The number of aryl methyl sites for hydroxylation is 1. The molecule has 1 amide bonds. The van der Waals surface area contributed by atoms with Gasteiger partial charge >= 0.3 is 0 Å². The average Bonchev–Trinajstić information content (AvgIpc) is 3.19. The van der Waals surface area contributed by atoms with Gasteiger partial charge in [-0.2, -0.15) is 5.10 Å². The number of likely N-dealkylation sites (tertiary alicyclic amines) is 1. The normalized spacial score (nSPS) is 26.8. The van der Waals surface area contributed by atoms with E-state index < -0.39 is 0 Å². The van der Waals surface area contributed by atoms with Crippen LogP contribution in [0.5, 0.6) is 0 Å². The third kappa shape index (κ3) is 3.64. The second kappa shape index (κ2) is 6.48. The highest BCUT2D eigenvalue weighted by Gasteiger charge is 2.44. The number of nitrogens with zero attached hydrogens (tertiary/aromatic N) is 3. The number of aromatic nitrogens is 2. The summed E-state index contributed by atoms with van der Waals surface area (Å²) in [7, 11) is 1.95. The van der Waals surface area contributed by atoms with E-state index in [1.54, 1.807) is 0 Å². The first-order chi connectivity index (χ1) is 11.6. The van der Waals surface area contributed by atoms with Gasteiger partial charge < -0.3 is 10.1 Å². The largest absolute Gasteiger partial charge is 0.362 e. The average molecular weight is 332 g/mol. The van der Waals surface area contributed by atoms with E-state index in [1.807, 2.05) is 17.9 Å². The summed E-state index contributed by atoms with van der Waals surface area (Å²) in [5.74, 6) is 0.830. The first-order valence-corrected chi connectivity index (χ1v) is 9.27. The Bertz CT molecular complexity index is 588. The summed E-state index contributed by atoms with van der Waals surface area (Å²) in [6, 6.07) is 0. The van der Waals surface area contributed by atoms with Crippen LogP contribution >= 0.6 is 0 Å². The Morgan fingerprint density at radius 1 is 1.33 bits per heavy atom. The molecule has 0 unspecified atom stereocenters. The lowest BCUT2D eigenvalue weighted by atomic mass is 9.88. The second-order valence-electron chi connectivity index (χ2n) is 7.82. The number of hydrogen-bond acceptors (Lipinski definition) is 4. The maximum atomic E-state index is 12.3.